The lowest BCUT2D eigenvalue weighted by Gasteiger charge is -2.00. The second-order valence-corrected chi connectivity index (χ2v) is 2.69. The van der Waals surface area contributed by atoms with E-state index in [2.05, 4.69) is 11.2 Å². The molecule has 13 heavy (non-hydrogen) atoms. The zero-order valence-corrected chi connectivity index (χ0v) is 7.13. The quantitative estimate of drug-likeness (QED) is 0.708. The van der Waals surface area contributed by atoms with Crippen molar-refractivity contribution in [2.24, 2.45) is 0 Å². The topological polar surface area (TPSA) is 42.1 Å². The molecule has 0 unspecified atom stereocenters. The molecule has 3 heteroatoms. The van der Waals surface area contributed by atoms with Crippen LogP contribution in [0.5, 0.6) is 5.75 Å². The van der Waals surface area contributed by atoms with Gasteiger partial charge in [-0.3, -0.25) is 4.79 Å². The van der Waals surface area contributed by atoms with Crippen LogP contribution in [0.3, 0.4) is 0 Å². The molecule has 0 spiro atoms. The Kier molecular flexibility index (Phi) is 1.77. The van der Waals surface area contributed by atoms with E-state index in [1.54, 1.807) is 25.3 Å². The molecule has 0 aliphatic heterocycles. The molecule has 0 saturated carbocycles. The van der Waals surface area contributed by atoms with Crippen LogP contribution >= 0.6 is 0 Å². The summed E-state index contributed by atoms with van der Waals surface area (Å²) in [4.78, 5) is 14.2. The number of nitrogens with one attached hydrogen (secondary N) is 1. The molecule has 65 valence electrons. The first-order valence-electron chi connectivity index (χ1n) is 3.88. The molecule has 0 aliphatic rings. The van der Waals surface area contributed by atoms with Crippen molar-refractivity contribution in [3.05, 3.63) is 40.7 Å². The first kappa shape index (κ1) is 7.86. The zero-order valence-electron chi connectivity index (χ0n) is 7.13. The number of hydrogen-bond donors (Lipinski definition) is 1. The second kappa shape index (κ2) is 2.94. The van der Waals surface area contributed by atoms with Crippen LogP contribution in [0.15, 0.2) is 29.1 Å². The van der Waals surface area contributed by atoms with Crippen molar-refractivity contribution in [2.75, 3.05) is 7.11 Å². The third kappa shape index (κ3) is 1.28. The lowest BCUT2D eigenvalue weighted by Crippen LogP contribution is -2.00. The molecule has 0 saturated heterocycles. The Morgan fingerprint density at radius 2 is 2.31 bits per heavy atom. The number of benzene rings is 1. The van der Waals surface area contributed by atoms with Crippen molar-refractivity contribution in [1.82, 2.24) is 4.98 Å². The Hall–Kier alpha value is -1.77. The fraction of sp³-hybridized carbons (Fsp3) is 0.100. The van der Waals surface area contributed by atoms with Gasteiger partial charge in [0, 0.05) is 11.5 Å². The standard InChI is InChI=1S/C10H8NO2/c1-13-7-2-3-9-8(6-7)10(12)4-5-11-9/h2-4,6H,1H3,(H,11,12). The average molecular weight is 174 g/mol. The monoisotopic (exact) mass is 174 g/mol. The van der Waals surface area contributed by atoms with Gasteiger partial charge in [0.2, 0.25) is 0 Å². The Labute approximate surface area is 75.0 Å². The summed E-state index contributed by atoms with van der Waals surface area (Å²) in [6, 6.07) is 6.68. The van der Waals surface area contributed by atoms with Crippen LogP contribution in [0.25, 0.3) is 10.9 Å². The summed E-state index contributed by atoms with van der Waals surface area (Å²) < 4.78 is 5.01. The van der Waals surface area contributed by atoms with Crippen molar-refractivity contribution in [2.45, 2.75) is 0 Å². The molecule has 1 aromatic heterocycles. The first-order valence-corrected chi connectivity index (χ1v) is 3.88. The van der Waals surface area contributed by atoms with Crippen molar-refractivity contribution < 1.29 is 4.74 Å². The zero-order chi connectivity index (χ0) is 9.26. The highest BCUT2D eigenvalue weighted by Crippen LogP contribution is 2.15. The highest BCUT2D eigenvalue weighted by atomic mass is 16.5. The van der Waals surface area contributed by atoms with Crippen LogP contribution < -0.4 is 10.2 Å². The Morgan fingerprint density at radius 3 is 3.08 bits per heavy atom. The number of ether oxygens (including phenoxy) is 1. The fourth-order valence-corrected chi connectivity index (χ4v) is 1.22. The molecular formula is C10H8NO2. The summed E-state index contributed by atoms with van der Waals surface area (Å²) in [6.07, 6.45) is 2.66. The third-order valence-corrected chi connectivity index (χ3v) is 1.90. The number of hydrogen-bond acceptors (Lipinski definition) is 2. The molecule has 0 atom stereocenters. The maximum absolute atomic E-state index is 11.3. The number of H-pyrrole nitrogens is 1. The lowest BCUT2D eigenvalue weighted by atomic mass is 10.2. The molecule has 3 nitrogen and oxygen atoms in total. The Bertz CT molecular complexity index is 487. The molecule has 1 aromatic carbocycles. The predicted molar refractivity (Wildman–Crippen MR) is 50.0 cm³/mol. The van der Waals surface area contributed by atoms with Crippen LogP contribution in [-0.4, -0.2) is 12.1 Å². The molecular weight excluding hydrogens is 166 g/mol. The Balaban J connectivity index is 2.82. The normalized spacial score (nSPS) is 10.2. The smallest absolute Gasteiger partial charge is 0.190 e. The molecule has 1 radical (unpaired) electrons. The van der Waals surface area contributed by atoms with Crippen LogP contribution in [0, 0.1) is 6.20 Å². The summed E-state index contributed by atoms with van der Waals surface area (Å²) in [5.41, 5.74) is 0.723. The highest BCUT2D eigenvalue weighted by Gasteiger charge is 1.98. The summed E-state index contributed by atoms with van der Waals surface area (Å²) in [6.45, 7) is 0. The molecule has 0 aliphatic carbocycles. The summed E-state index contributed by atoms with van der Waals surface area (Å²) in [5.74, 6) is 0.684. The van der Waals surface area contributed by atoms with E-state index < -0.39 is 0 Å². The molecule has 0 bridgehead atoms. The van der Waals surface area contributed by atoms with Crippen LogP contribution in [0.1, 0.15) is 0 Å². The summed E-state index contributed by atoms with van der Waals surface area (Å²) >= 11 is 0. The minimum atomic E-state index is -0.0485. The number of rotatable bonds is 1. The van der Waals surface area contributed by atoms with E-state index in [0.717, 1.165) is 5.52 Å². The number of aromatic nitrogens is 1. The maximum atomic E-state index is 11.3. The van der Waals surface area contributed by atoms with E-state index >= 15 is 0 Å². The number of methoxy groups -OCH3 is 1. The maximum Gasteiger partial charge on any atom is 0.190 e. The third-order valence-electron chi connectivity index (χ3n) is 1.90. The molecule has 2 rings (SSSR count). The van der Waals surface area contributed by atoms with E-state index in [-0.39, 0.29) is 5.43 Å². The Morgan fingerprint density at radius 1 is 1.46 bits per heavy atom. The number of pyridine rings is 1. The molecule has 1 heterocycles. The fourth-order valence-electron chi connectivity index (χ4n) is 1.22. The van der Waals surface area contributed by atoms with Crippen LogP contribution in [0.4, 0.5) is 0 Å². The largest absolute Gasteiger partial charge is 0.497 e. The van der Waals surface area contributed by atoms with Gasteiger partial charge in [-0.2, -0.15) is 0 Å². The number of fused-ring (bicyclic) bond motifs is 1. The van der Waals surface area contributed by atoms with Gasteiger partial charge in [-0.15, -0.1) is 0 Å². The van der Waals surface area contributed by atoms with Gasteiger partial charge in [-0.1, -0.05) is 0 Å². The predicted octanol–water partition coefficient (Wildman–Crippen LogP) is 1.34. The molecule has 0 fully saturated rings. The highest BCUT2D eigenvalue weighted by molar-refractivity contribution is 5.79. The molecule has 2 aromatic rings. The summed E-state index contributed by atoms with van der Waals surface area (Å²) in [7, 11) is 1.57. The van der Waals surface area contributed by atoms with Gasteiger partial charge >= 0.3 is 0 Å². The van der Waals surface area contributed by atoms with Gasteiger partial charge in [0.15, 0.2) is 5.43 Å². The lowest BCUT2D eigenvalue weighted by molar-refractivity contribution is 0.415. The van der Waals surface area contributed by atoms with E-state index in [1.807, 2.05) is 0 Å². The van der Waals surface area contributed by atoms with Gasteiger partial charge < -0.3 is 9.72 Å². The van der Waals surface area contributed by atoms with Crippen molar-refractivity contribution >= 4 is 10.9 Å². The van der Waals surface area contributed by atoms with E-state index in [1.165, 1.54) is 6.07 Å². The van der Waals surface area contributed by atoms with Crippen LogP contribution in [0.2, 0.25) is 0 Å². The average Bonchev–Trinajstić information content (AvgIpc) is 2.18. The first-order chi connectivity index (χ1) is 6.31. The summed E-state index contributed by atoms with van der Waals surface area (Å²) in [5, 5.41) is 0.623. The van der Waals surface area contributed by atoms with E-state index in [9.17, 15) is 4.79 Å². The SMILES string of the molecule is COc1ccc2[nH][c]cc(=O)c2c1. The van der Waals surface area contributed by atoms with Crippen molar-refractivity contribution in [1.29, 1.82) is 0 Å². The van der Waals surface area contributed by atoms with Gasteiger partial charge in [0.25, 0.3) is 0 Å². The van der Waals surface area contributed by atoms with Gasteiger partial charge in [-0.25, -0.2) is 0 Å². The van der Waals surface area contributed by atoms with Crippen molar-refractivity contribution in [3.8, 4) is 5.75 Å². The van der Waals surface area contributed by atoms with Gasteiger partial charge in [0.1, 0.15) is 5.75 Å². The molecule has 0 amide bonds. The molecule has 1 N–H and O–H groups in total. The minimum absolute atomic E-state index is 0.0485. The van der Waals surface area contributed by atoms with Crippen LogP contribution in [-0.2, 0) is 0 Å². The van der Waals surface area contributed by atoms with Gasteiger partial charge in [0.05, 0.1) is 18.8 Å². The second-order valence-electron chi connectivity index (χ2n) is 2.69. The van der Waals surface area contributed by atoms with Crippen molar-refractivity contribution in [3.63, 3.8) is 0 Å². The minimum Gasteiger partial charge on any atom is -0.497 e. The van der Waals surface area contributed by atoms with Gasteiger partial charge in [-0.05, 0) is 18.2 Å². The van der Waals surface area contributed by atoms with E-state index in [0.29, 0.717) is 11.1 Å². The van der Waals surface area contributed by atoms with E-state index in [4.69, 9.17) is 4.74 Å². The number of aromatic amines is 1.